The molecule has 1 rings (SSSR count). The van der Waals surface area contributed by atoms with Crippen LogP contribution in [-0.4, -0.2) is 7.25 Å². The van der Waals surface area contributed by atoms with Gasteiger partial charge in [0.05, 0.1) is 0 Å². The van der Waals surface area contributed by atoms with E-state index in [9.17, 15) is 30.4 Å². The number of alkyl halides is 3. The van der Waals surface area contributed by atoms with Crippen molar-refractivity contribution in [2.24, 2.45) is 0 Å². The molecule has 0 fully saturated rings. The van der Waals surface area contributed by atoms with Crippen molar-refractivity contribution in [3.8, 4) is 0 Å². The Kier molecular flexibility index (Phi) is 4.94. The Balaban J connectivity index is 0. The molecule has 0 saturated carbocycles. The lowest BCUT2D eigenvalue weighted by atomic mass is 10.2. The van der Waals surface area contributed by atoms with E-state index >= 15 is 0 Å². The van der Waals surface area contributed by atoms with E-state index in [1.165, 1.54) is 12.1 Å². The normalized spacial score (nSPS) is 11.2. The van der Waals surface area contributed by atoms with Crippen molar-refractivity contribution in [3.05, 3.63) is 34.8 Å². The van der Waals surface area contributed by atoms with Gasteiger partial charge in [-0.2, -0.15) is 13.2 Å². The Morgan fingerprint density at radius 2 is 1.47 bits per heavy atom. The van der Waals surface area contributed by atoms with Crippen LogP contribution in [0.25, 0.3) is 4.98 Å². The highest BCUT2D eigenvalue weighted by Gasteiger charge is 2.38. The second-order valence-electron chi connectivity index (χ2n) is 2.61. The first-order chi connectivity index (χ1) is 7.55. The van der Waals surface area contributed by atoms with Gasteiger partial charge >= 0.3 is 20.5 Å². The average Bonchev–Trinajstić information content (AvgIpc) is 2.14. The first kappa shape index (κ1) is 15.2. The summed E-state index contributed by atoms with van der Waals surface area (Å²) in [6, 6.07) is 4.54. The van der Waals surface area contributed by atoms with Gasteiger partial charge in [0.1, 0.15) is 0 Å². The number of benzene rings is 1. The summed E-state index contributed by atoms with van der Waals surface area (Å²) in [6.07, 6.45) is -4.47. The third kappa shape index (κ3) is 7.16. The molecule has 10 heteroatoms. The number of diazo groups is 1. The summed E-state index contributed by atoms with van der Waals surface area (Å²) < 4.78 is 75.2. The fraction of sp³-hybridized carbons (Fsp3) is 0.143. The number of rotatable bonds is 0. The summed E-state index contributed by atoms with van der Waals surface area (Å²) in [5, 5.41) is 8.21. The summed E-state index contributed by atoms with van der Waals surface area (Å²) in [6.45, 7) is 0. The predicted molar refractivity (Wildman–Crippen MR) is 47.5 cm³/mol. The third-order valence-electron chi connectivity index (χ3n) is 1.32. The Morgan fingerprint density at radius 3 is 1.76 bits per heavy atom. The van der Waals surface area contributed by atoms with Crippen molar-refractivity contribution < 1.29 is 31.9 Å². The van der Waals surface area contributed by atoms with Gasteiger partial charge in [0.25, 0.3) is 0 Å². The zero-order chi connectivity index (χ0) is 13.7. The molecule has 2 nitrogen and oxygen atoms in total. The molecular weight excluding hydrogens is 256 g/mol. The van der Waals surface area contributed by atoms with Crippen LogP contribution in [0.15, 0.2) is 24.3 Å². The molecule has 0 bridgehead atoms. The molecule has 0 aliphatic rings. The van der Waals surface area contributed by atoms with Gasteiger partial charge in [0.15, 0.2) is 10.5 Å². The predicted octanol–water partition coefficient (Wildman–Crippen LogP) is 4.60. The van der Waals surface area contributed by atoms with Gasteiger partial charge < -0.3 is 17.3 Å². The van der Waals surface area contributed by atoms with Gasteiger partial charge in [-0.15, -0.1) is 0 Å². The quantitative estimate of drug-likeness (QED) is 0.381. The monoisotopic (exact) mass is 261 g/mol. The van der Waals surface area contributed by atoms with Crippen LogP contribution in [0, 0.1) is 5.39 Å². The summed E-state index contributed by atoms with van der Waals surface area (Å²) in [5.74, 6) is 0. The van der Waals surface area contributed by atoms with Gasteiger partial charge in [-0.25, -0.2) is 0 Å². The zero-order valence-corrected chi connectivity index (χ0v) is 7.93. The molecule has 0 amide bonds. The highest BCUT2D eigenvalue weighted by atomic mass is 19.5. The minimum Gasteiger partial charge on any atom is -0.418 e. The number of halogens is 7. The first-order valence-corrected chi connectivity index (χ1v) is 3.94. The van der Waals surface area contributed by atoms with Crippen LogP contribution in [0.5, 0.6) is 0 Å². The molecule has 0 aliphatic carbocycles. The Bertz CT molecular complexity index is 405. The molecule has 0 saturated heterocycles. The Hall–Kier alpha value is -1.79. The molecule has 94 valence electrons. The molecule has 17 heavy (non-hydrogen) atoms. The van der Waals surface area contributed by atoms with Crippen LogP contribution in [0.4, 0.5) is 36.1 Å². The lowest BCUT2D eigenvalue weighted by Gasteiger charge is -2.01. The molecule has 0 heterocycles. The SMILES string of the molecule is F[B-](F)(F)F.N#[N+]c1ccccc1C(F)(F)F.[H+]. The van der Waals surface area contributed by atoms with Crippen LogP contribution in [0.1, 0.15) is 6.99 Å². The first-order valence-electron chi connectivity index (χ1n) is 3.94. The van der Waals surface area contributed by atoms with Gasteiger partial charge in [-0.1, -0.05) is 12.1 Å². The second-order valence-corrected chi connectivity index (χ2v) is 2.61. The summed E-state index contributed by atoms with van der Waals surface area (Å²) in [4.78, 5) is 2.52. The van der Waals surface area contributed by atoms with E-state index in [4.69, 9.17) is 5.39 Å². The van der Waals surface area contributed by atoms with E-state index in [-0.39, 0.29) is 1.43 Å². The standard InChI is InChI=1S/C7H4F3N2.BF4/c8-7(9,10)5-3-1-2-4-6(5)12-11;2-1(3,4)5/h1-4H;/q+1;-1/p+1. The highest BCUT2D eigenvalue weighted by molar-refractivity contribution is 6.50. The zero-order valence-electron chi connectivity index (χ0n) is 8.93. The van der Waals surface area contributed by atoms with Crippen LogP contribution in [0.2, 0.25) is 0 Å². The Labute approximate surface area is 92.3 Å². The summed E-state index contributed by atoms with van der Waals surface area (Å²) in [5.41, 5.74) is -1.41. The Morgan fingerprint density at radius 1 is 1.06 bits per heavy atom. The van der Waals surface area contributed by atoms with Crippen LogP contribution in [-0.2, 0) is 6.18 Å². The minimum atomic E-state index is -6.00. The highest BCUT2D eigenvalue weighted by Crippen LogP contribution is 2.35. The van der Waals surface area contributed by atoms with Crippen molar-refractivity contribution in [2.75, 3.05) is 0 Å². The van der Waals surface area contributed by atoms with Crippen molar-refractivity contribution >= 4 is 12.9 Å². The molecule has 0 unspecified atom stereocenters. The average molecular weight is 261 g/mol. The molecular formula is C7H5BF7N2+. The fourth-order valence-electron chi connectivity index (χ4n) is 0.801. The maximum absolute atomic E-state index is 12.1. The van der Waals surface area contributed by atoms with E-state index in [0.29, 0.717) is 0 Å². The number of nitrogens with zero attached hydrogens (tertiary/aromatic N) is 2. The second kappa shape index (κ2) is 5.52. The van der Waals surface area contributed by atoms with E-state index in [2.05, 4.69) is 4.98 Å². The topological polar surface area (TPSA) is 28.1 Å². The van der Waals surface area contributed by atoms with Crippen molar-refractivity contribution in [1.29, 1.82) is 5.39 Å². The third-order valence-corrected chi connectivity index (χ3v) is 1.32. The molecule has 0 spiro atoms. The van der Waals surface area contributed by atoms with E-state index in [0.717, 1.165) is 12.1 Å². The number of hydrogen-bond donors (Lipinski definition) is 0. The molecule has 0 aliphatic heterocycles. The summed E-state index contributed by atoms with van der Waals surface area (Å²) >= 11 is 0. The maximum Gasteiger partial charge on any atom is 1.00 e. The molecule has 0 N–H and O–H groups in total. The fourth-order valence-corrected chi connectivity index (χ4v) is 0.801. The van der Waals surface area contributed by atoms with Crippen molar-refractivity contribution in [1.82, 2.24) is 0 Å². The van der Waals surface area contributed by atoms with Gasteiger partial charge in [0.2, 0.25) is 5.39 Å². The van der Waals surface area contributed by atoms with Gasteiger partial charge in [-0.05, 0) is 6.07 Å². The lowest BCUT2D eigenvalue weighted by molar-refractivity contribution is -0.136. The van der Waals surface area contributed by atoms with E-state index in [1.54, 1.807) is 0 Å². The van der Waals surface area contributed by atoms with E-state index in [1.807, 2.05) is 0 Å². The molecule has 0 aromatic heterocycles. The molecule has 1 aromatic carbocycles. The van der Waals surface area contributed by atoms with Crippen LogP contribution >= 0.6 is 0 Å². The van der Waals surface area contributed by atoms with Gasteiger partial charge in [0, 0.05) is 6.07 Å². The molecule has 1 aromatic rings. The number of hydrogen-bond acceptors (Lipinski definition) is 1. The summed E-state index contributed by atoms with van der Waals surface area (Å²) in [7, 11) is -6.00. The molecule has 0 radical (unpaired) electrons. The minimum absolute atomic E-state index is 0. The van der Waals surface area contributed by atoms with Crippen LogP contribution in [0.3, 0.4) is 0 Å². The lowest BCUT2D eigenvalue weighted by Crippen LogP contribution is -2.04. The van der Waals surface area contributed by atoms with Crippen molar-refractivity contribution in [2.45, 2.75) is 6.18 Å². The smallest absolute Gasteiger partial charge is 0.418 e. The largest absolute Gasteiger partial charge is 1.00 e. The van der Waals surface area contributed by atoms with Crippen molar-refractivity contribution in [3.63, 3.8) is 0 Å². The van der Waals surface area contributed by atoms with Crippen LogP contribution < -0.4 is 0 Å². The van der Waals surface area contributed by atoms with Gasteiger partial charge in [-0.3, -0.25) is 0 Å². The maximum atomic E-state index is 12.1. The molecule has 0 atom stereocenters. The van der Waals surface area contributed by atoms with E-state index < -0.39 is 24.7 Å².